The van der Waals surface area contributed by atoms with Crippen LogP contribution in [0.5, 0.6) is 0 Å². The van der Waals surface area contributed by atoms with E-state index >= 15 is 0 Å². The van der Waals surface area contributed by atoms with Crippen molar-refractivity contribution in [2.75, 3.05) is 4.90 Å². The highest BCUT2D eigenvalue weighted by molar-refractivity contribution is 6.06. The summed E-state index contributed by atoms with van der Waals surface area (Å²) >= 11 is 0. The van der Waals surface area contributed by atoms with Gasteiger partial charge in [0.2, 0.25) is 5.43 Å². The number of aromatic nitrogens is 2. The van der Waals surface area contributed by atoms with Gasteiger partial charge in [0.05, 0.1) is 17.4 Å². The Morgan fingerprint density at radius 1 is 1.00 bits per heavy atom. The summed E-state index contributed by atoms with van der Waals surface area (Å²) in [6.45, 7) is 2.57. The van der Waals surface area contributed by atoms with E-state index in [1.807, 2.05) is 55.5 Å². The quantitative estimate of drug-likeness (QED) is 0.498. The van der Waals surface area contributed by atoms with Crippen LogP contribution in [0.3, 0.4) is 0 Å². The third-order valence-corrected chi connectivity index (χ3v) is 4.92. The van der Waals surface area contributed by atoms with E-state index in [2.05, 4.69) is 5.10 Å². The molecule has 150 valence electrons. The molecular formula is C24H20FN3O2. The lowest BCUT2D eigenvalue weighted by Gasteiger charge is -2.23. The van der Waals surface area contributed by atoms with Crippen molar-refractivity contribution in [1.82, 2.24) is 9.78 Å². The molecule has 1 aromatic heterocycles. The normalized spacial score (nSPS) is 10.9. The molecule has 0 aliphatic carbocycles. The maximum atomic E-state index is 13.8. The summed E-state index contributed by atoms with van der Waals surface area (Å²) in [6.07, 6.45) is 0. The van der Waals surface area contributed by atoms with Crippen LogP contribution in [0.2, 0.25) is 0 Å². The van der Waals surface area contributed by atoms with Crippen LogP contribution < -0.4 is 10.3 Å². The number of carbonyl (C=O) groups excluding carboxylic acids is 1. The third-order valence-electron chi connectivity index (χ3n) is 4.92. The predicted octanol–water partition coefficient (Wildman–Crippen LogP) is 4.40. The van der Waals surface area contributed by atoms with Gasteiger partial charge in [0.25, 0.3) is 5.91 Å². The molecule has 0 fully saturated rings. The summed E-state index contributed by atoms with van der Waals surface area (Å²) in [5, 5.41) is 4.47. The van der Waals surface area contributed by atoms with Crippen LogP contribution in [-0.2, 0) is 13.1 Å². The molecule has 0 aliphatic heterocycles. The van der Waals surface area contributed by atoms with Crippen molar-refractivity contribution in [3.63, 3.8) is 0 Å². The highest BCUT2D eigenvalue weighted by atomic mass is 19.1. The fourth-order valence-corrected chi connectivity index (χ4v) is 3.43. The van der Waals surface area contributed by atoms with Gasteiger partial charge >= 0.3 is 0 Å². The summed E-state index contributed by atoms with van der Waals surface area (Å²) in [5.41, 5.74) is 1.25. The average molecular weight is 401 g/mol. The zero-order chi connectivity index (χ0) is 21.1. The number of para-hydroxylation sites is 1. The number of carbonyl (C=O) groups is 1. The Balaban J connectivity index is 1.86. The number of hydrogen-bond donors (Lipinski definition) is 0. The second-order valence-corrected chi connectivity index (χ2v) is 6.87. The number of benzene rings is 3. The number of nitrogens with zero attached hydrogens (tertiary/aromatic N) is 3. The minimum absolute atomic E-state index is 0.142. The topological polar surface area (TPSA) is 55.2 Å². The van der Waals surface area contributed by atoms with Crippen LogP contribution in [0, 0.1) is 5.82 Å². The van der Waals surface area contributed by atoms with Gasteiger partial charge in [-0.05, 0) is 42.8 Å². The fraction of sp³-hybridized carbons (Fsp3) is 0.125. The molecule has 0 saturated carbocycles. The summed E-state index contributed by atoms with van der Waals surface area (Å²) < 4.78 is 15.4. The van der Waals surface area contributed by atoms with Gasteiger partial charge in [0, 0.05) is 12.2 Å². The molecule has 1 heterocycles. The number of hydrogen-bond acceptors (Lipinski definition) is 3. The molecule has 6 heteroatoms. The predicted molar refractivity (Wildman–Crippen MR) is 115 cm³/mol. The average Bonchev–Trinajstić information content (AvgIpc) is 2.79. The molecule has 30 heavy (non-hydrogen) atoms. The Morgan fingerprint density at radius 2 is 1.67 bits per heavy atom. The van der Waals surface area contributed by atoms with Crippen molar-refractivity contribution in [1.29, 1.82) is 0 Å². The molecule has 4 aromatic rings. The van der Waals surface area contributed by atoms with E-state index in [9.17, 15) is 14.0 Å². The summed E-state index contributed by atoms with van der Waals surface area (Å²) in [4.78, 5) is 28.1. The van der Waals surface area contributed by atoms with Crippen molar-refractivity contribution < 1.29 is 9.18 Å². The van der Waals surface area contributed by atoms with Crippen molar-refractivity contribution in [3.8, 4) is 0 Å². The molecule has 0 saturated heterocycles. The zero-order valence-electron chi connectivity index (χ0n) is 16.5. The first-order valence-corrected chi connectivity index (χ1v) is 9.69. The van der Waals surface area contributed by atoms with Gasteiger partial charge in [-0.1, -0.05) is 48.5 Å². The summed E-state index contributed by atoms with van der Waals surface area (Å²) in [5.74, 6) is -1.06. The number of anilines is 1. The maximum absolute atomic E-state index is 13.8. The lowest BCUT2D eigenvalue weighted by atomic mass is 10.1. The molecule has 0 atom stereocenters. The van der Waals surface area contributed by atoms with Crippen molar-refractivity contribution >= 4 is 22.5 Å². The Labute approximate surface area is 173 Å². The fourth-order valence-electron chi connectivity index (χ4n) is 3.43. The number of fused-ring (bicyclic) bond motifs is 1. The molecule has 1 amide bonds. The minimum Gasteiger partial charge on any atom is -0.302 e. The van der Waals surface area contributed by atoms with E-state index < -0.39 is 17.2 Å². The molecule has 4 rings (SSSR count). The highest BCUT2D eigenvalue weighted by Gasteiger charge is 2.24. The van der Waals surface area contributed by atoms with Crippen molar-refractivity contribution in [2.45, 2.75) is 20.0 Å². The first kappa shape index (κ1) is 19.5. The van der Waals surface area contributed by atoms with Gasteiger partial charge in [0.1, 0.15) is 5.82 Å². The number of halogens is 1. The van der Waals surface area contributed by atoms with Gasteiger partial charge in [-0.3, -0.25) is 14.3 Å². The van der Waals surface area contributed by atoms with Crippen LogP contribution >= 0.6 is 0 Å². The Morgan fingerprint density at radius 3 is 2.33 bits per heavy atom. The lowest BCUT2D eigenvalue weighted by Crippen LogP contribution is -2.36. The second kappa shape index (κ2) is 8.29. The summed E-state index contributed by atoms with van der Waals surface area (Å²) in [7, 11) is 0. The summed E-state index contributed by atoms with van der Waals surface area (Å²) in [6, 6.07) is 22.6. The van der Waals surface area contributed by atoms with Gasteiger partial charge in [0.15, 0.2) is 5.69 Å². The Kier molecular flexibility index (Phi) is 5.39. The molecular weight excluding hydrogens is 381 g/mol. The number of rotatable bonds is 5. The van der Waals surface area contributed by atoms with Crippen LogP contribution in [0.25, 0.3) is 10.9 Å². The van der Waals surface area contributed by atoms with E-state index in [1.54, 1.807) is 16.8 Å². The molecule has 0 radical (unpaired) electrons. The molecule has 0 bridgehead atoms. The van der Waals surface area contributed by atoms with E-state index in [0.29, 0.717) is 17.7 Å². The van der Waals surface area contributed by atoms with E-state index in [1.165, 1.54) is 17.0 Å². The Bertz CT molecular complexity index is 1250. The van der Waals surface area contributed by atoms with E-state index in [0.717, 1.165) is 11.6 Å². The maximum Gasteiger partial charge on any atom is 0.283 e. The Hall–Kier alpha value is -3.80. The zero-order valence-corrected chi connectivity index (χ0v) is 16.5. The molecule has 0 spiro atoms. The third kappa shape index (κ3) is 3.72. The van der Waals surface area contributed by atoms with Gasteiger partial charge in [-0.2, -0.15) is 5.10 Å². The molecule has 0 unspecified atom stereocenters. The van der Waals surface area contributed by atoms with E-state index in [-0.39, 0.29) is 17.6 Å². The van der Waals surface area contributed by atoms with Crippen LogP contribution in [0.15, 0.2) is 83.7 Å². The van der Waals surface area contributed by atoms with Crippen molar-refractivity contribution in [2.24, 2.45) is 0 Å². The largest absolute Gasteiger partial charge is 0.302 e. The lowest BCUT2D eigenvalue weighted by molar-refractivity contribution is 0.0977. The van der Waals surface area contributed by atoms with Crippen LogP contribution in [0.1, 0.15) is 23.0 Å². The molecule has 0 aliphatic rings. The molecule has 0 N–H and O–H groups in total. The van der Waals surface area contributed by atoms with Gasteiger partial charge < -0.3 is 4.90 Å². The van der Waals surface area contributed by atoms with Gasteiger partial charge in [-0.15, -0.1) is 0 Å². The smallest absolute Gasteiger partial charge is 0.283 e. The van der Waals surface area contributed by atoms with Crippen molar-refractivity contribution in [3.05, 3.63) is 106 Å². The van der Waals surface area contributed by atoms with Gasteiger partial charge in [-0.25, -0.2) is 4.39 Å². The SMILES string of the molecule is CCn1nc(C(=O)N(Cc2ccccc2)c2ccccc2)c(=O)c2cc(F)ccc21. The minimum atomic E-state index is -0.576. The number of amides is 1. The number of aryl methyl sites for hydroxylation is 1. The van der Waals surface area contributed by atoms with Crippen LogP contribution in [-0.4, -0.2) is 15.7 Å². The molecule has 5 nitrogen and oxygen atoms in total. The van der Waals surface area contributed by atoms with E-state index in [4.69, 9.17) is 0 Å². The highest BCUT2D eigenvalue weighted by Crippen LogP contribution is 2.20. The first-order valence-electron chi connectivity index (χ1n) is 9.69. The monoisotopic (exact) mass is 401 g/mol. The standard InChI is InChI=1S/C24H20FN3O2/c1-2-28-21-14-13-18(25)15-20(21)23(29)22(26-28)24(30)27(19-11-7-4-8-12-19)16-17-9-5-3-6-10-17/h3-15H,2,16H2,1H3. The second-order valence-electron chi connectivity index (χ2n) is 6.87. The first-order chi connectivity index (χ1) is 14.6. The van der Waals surface area contributed by atoms with Crippen LogP contribution in [0.4, 0.5) is 10.1 Å². The molecule has 3 aromatic carbocycles.